The van der Waals surface area contributed by atoms with Gasteiger partial charge in [-0.3, -0.25) is 4.55 Å². The summed E-state index contributed by atoms with van der Waals surface area (Å²) < 4.78 is 30.8. The van der Waals surface area contributed by atoms with E-state index in [1.165, 1.54) is 12.7 Å². The summed E-state index contributed by atoms with van der Waals surface area (Å²) in [5.41, 5.74) is 1.28. The molecule has 2 heterocycles. The molecule has 0 saturated carbocycles. The lowest BCUT2D eigenvalue weighted by Crippen LogP contribution is -2.24. The Labute approximate surface area is 188 Å². The fourth-order valence-corrected chi connectivity index (χ4v) is 2.75. The fourth-order valence-electron chi connectivity index (χ4n) is 2.39. The van der Waals surface area contributed by atoms with Gasteiger partial charge in [-0.05, 0) is 18.2 Å². The van der Waals surface area contributed by atoms with Crippen molar-refractivity contribution in [2.24, 2.45) is 0 Å². The second-order valence-electron chi connectivity index (χ2n) is 6.53. The maximum Gasteiger partial charge on any atom is 0.266 e. The highest BCUT2D eigenvalue weighted by Gasteiger charge is 2.11. The van der Waals surface area contributed by atoms with Gasteiger partial charge in [0.2, 0.25) is 23.8 Å². The van der Waals surface area contributed by atoms with Crippen LogP contribution in [0, 0.1) is 0 Å². The number of nitrogens with zero attached hydrogens (tertiary/aromatic N) is 6. The predicted molar refractivity (Wildman–Crippen MR) is 119 cm³/mol. The SMILES string of the molecule is O=S(=O)(O)CCNc1nc(NCC(O)CO)nc(Nc2cccc(Nc3ncncn3)c2)n1. The van der Waals surface area contributed by atoms with Crippen LogP contribution < -0.4 is 21.3 Å². The summed E-state index contributed by atoms with van der Waals surface area (Å²) in [6.07, 6.45) is 1.69. The van der Waals surface area contributed by atoms with Crippen molar-refractivity contribution < 1.29 is 23.2 Å². The summed E-state index contributed by atoms with van der Waals surface area (Å²) in [5.74, 6) is 0.0164. The van der Waals surface area contributed by atoms with Crippen molar-refractivity contribution in [2.45, 2.75) is 6.10 Å². The molecule has 1 aromatic carbocycles. The summed E-state index contributed by atoms with van der Waals surface area (Å²) in [6, 6.07) is 7.08. The molecule has 0 radical (unpaired) electrons. The first kappa shape index (κ1) is 23.9. The first-order chi connectivity index (χ1) is 15.8. The van der Waals surface area contributed by atoms with Crippen molar-refractivity contribution in [3.8, 4) is 0 Å². The van der Waals surface area contributed by atoms with E-state index < -0.39 is 28.6 Å². The maximum absolute atomic E-state index is 10.9. The Kier molecular flexibility index (Phi) is 8.14. The summed E-state index contributed by atoms with van der Waals surface area (Å²) >= 11 is 0. The van der Waals surface area contributed by atoms with Gasteiger partial charge in [-0.25, -0.2) is 15.0 Å². The van der Waals surface area contributed by atoms with E-state index in [-0.39, 0.29) is 30.9 Å². The molecule has 16 heteroatoms. The summed E-state index contributed by atoms with van der Waals surface area (Å²) in [5, 5.41) is 30.0. The van der Waals surface area contributed by atoms with E-state index in [0.29, 0.717) is 17.3 Å². The number of anilines is 6. The van der Waals surface area contributed by atoms with Crippen LogP contribution in [0.25, 0.3) is 0 Å². The third kappa shape index (κ3) is 8.37. The Balaban J connectivity index is 1.77. The van der Waals surface area contributed by atoms with Crippen molar-refractivity contribution in [1.29, 1.82) is 0 Å². The van der Waals surface area contributed by atoms with Crippen molar-refractivity contribution >= 4 is 45.3 Å². The van der Waals surface area contributed by atoms with Crippen LogP contribution in [0.4, 0.5) is 35.2 Å². The van der Waals surface area contributed by atoms with Crippen LogP contribution in [0.15, 0.2) is 36.9 Å². The molecule has 0 aliphatic heterocycles. The van der Waals surface area contributed by atoms with Gasteiger partial charge in [-0.15, -0.1) is 0 Å². The number of nitrogens with one attached hydrogen (secondary N) is 4. The van der Waals surface area contributed by atoms with Gasteiger partial charge in [-0.1, -0.05) is 6.07 Å². The van der Waals surface area contributed by atoms with E-state index in [1.54, 1.807) is 24.3 Å². The van der Waals surface area contributed by atoms with Crippen LogP contribution >= 0.6 is 0 Å². The Morgan fingerprint density at radius 1 is 0.909 bits per heavy atom. The summed E-state index contributed by atoms with van der Waals surface area (Å²) in [6.45, 7) is -0.633. The molecule has 33 heavy (non-hydrogen) atoms. The number of benzene rings is 1. The first-order valence-corrected chi connectivity index (χ1v) is 11.2. The third-order valence-corrected chi connectivity index (χ3v) is 4.57. The van der Waals surface area contributed by atoms with Crippen molar-refractivity contribution in [2.75, 3.05) is 46.7 Å². The van der Waals surface area contributed by atoms with E-state index in [9.17, 15) is 13.5 Å². The van der Waals surface area contributed by atoms with Gasteiger partial charge in [0.15, 0.2) is 0 Å². The second kappa shape index (κ2) is 11.2. The zero-order valence-corrected chi connectivity index (χ0v) is 17.9. The van der Waals surface area contributed by atoms with Gasteiger partial charge in [-0.2, -0.15) is 23.4 Å². The molecule has 3 aromatic rings. The average molecular weight is 478 g/mol. The van der Waals surface area contributed by atoms with E-state index in [1.807, 2.05) is 0 Å². The number of aromatic nitrogens is 6. The molecule has 2 aromatic heterocycles. The van der Waals surface area contributed by atoms with Crippen LogP contribution in [0.2, 0.25) is 0 Å². The average Bonchev–Trinajstić information content (AvgIpc) is 2.77. The molecule has 176 valence electrons. The van der Waals surface area contributed by atoms with Gasteiger partial charge >= 0.3 is 0 Å². The van der Waals surface area contributed by atoms with Gasteiger partial charge < -0.3 is 31.5 Å². The normalized spacial score (nSPS) is 12.1. The van der Waals surface area contributed by atoms with Crippen LogP contribution in [0.1, 0.15) is 0 Å². The van der Waals surface area contributed by atoms with Crippen molar-refractivity contribution in [3.63, 3.8) is 0 Å². The topological polar surface area (TPSA) is 220 Å². The first-order valence-electron chi connectivity index (χ1n) is 9.55. The van der Waals surface area contributed by atoms with Gasteiger partial charge in [0.05, 0.1) is 18.5 Å². The smallest absolute Gasteiger partial charge is 0.266 e. The lowest BCUT2D eigenvalue weighted by molar-refractivity contribution is 0.105. The lowest BCUT2D eigenvalue weighted by atomic mass is 10.3. The highest BCUT2D eigenvalue weighted by atomic mass is 32.2. The van der Waals surface area contributed by atoms with Crippen molar-refractivity contribution in [3.05, 3.63) is 36.9 Å². The molecule has 0 amide bonds. The highest BCUT2D eigenvalue weighted by molar-refractivity contribution is 7.85. The number of aliphatic hydroxyl groups is 2. The minimum absolute atomic E-state index is 0.0246. The van der Waals surface area contributed by atoms with Crippen LogP contribution in [0.5, 0.6) is 0 Å². The maximum atomic E-state index is 10.9. The summed E-state index contributed by atoms with van der Waals surface area (Å²) in [4.78, 5) is 24.2. The Hall–Kier alpha value is -3.73. The monoisotopic (exact) mass is 478 g/mol. The minimum Gasteiger partial charge on any atom is -0.394 e. The van der Waals surface area contributed by atoms with E-state index >= 15 is 0 Å². The molecule has 3 rings (SSSR count). The molecule has 0 spiro atoms. The van der Waals surface area contributed by atoms with Crippen LogP contribution in [0.3, 0.4) is 0 Å². The molecule has 15 nitrogen and oxygen atoms in total. The fraction of sp³-hybridized carbons (Fsp3) is 0.294. The minimum atomic E-state index is -4.17. The summed E-state index contributed by atoms with van der Waals surface area (Å²) in [7, 11) is -4.17. The Morgan fingerprint density at radius 3 is 2.15 bits per heavy atom. The number of hydrogen-bond acceptors (Lipinski definition) is 14. The largest absolute Gasteiger partial charge is 0.394 e. The third-order valence-electron chi connectivity index (χ3n) is 3.85. The molecule has 0 aliphatic rings. The molecule has 0 saturated heterocycles. The molecule has 1 atom stereocenters. The molecule has 0 fully saturated rings. The molecule has 7 N–H and O–H groups in total. The molecule has 0 aliphatic carbocycles. The van der Waals surface area contributed by atoms with E-state index in [0.717, 1.165) is 0 Å². The van der Waals surface area contributed by atoms with E-state index in [2.05, 4.69) is 51.2 Å². The lowest BCUT2D eigenvalue weighted by Gasteiger charge is -2.13. The number of rotatable bonds is 12. The number of hydrogen-bond donors (Lipinski definition) is 7. The van der Waals surface area contributed by atoms with Gasteiger partial charge in [0.1, 0.15) is 12.7 Å². The van der Waals surface area contributed by atoms with E-state index in [4.69, 9.17) is 9.66 Å². The molecule has 0 bridgehead atoms. The molecule has 1 unspecified atom stereocenters. The van der Waals surface area contributed by atoms with Gasteiger partial charge in [0.25, 0.3) is 10.1 Å². The highest BCUT2D eigenvalue weighted by Crippen LogP contribution is 2.21. The second-order valence-corrected chi connectivity index (χ2v) is 8.10. The Morgan fingerprint density at radius 2 is 1.52 bits per heavy atom. The van der Waals surface area contributed by atoms with Crippen molar-refractivity contribution in [1.82, 2.24) is 29.9 Å². The van der Waals surface area contributed by atoms with Crippen LogP contribution in [-0.4, -0.2) is 84.6 Å². The zero-order chi connectivity index (χ0) is 23.7. The predicted octanol–water partition coefficient (Wildman–Crippen LogP) is -0.391. The zero-order valence-electron chi connectivity index (χ0n) is 17.1. The quantitative estimate of drug-likeness (QED) is 0.165. The molecular weight excluding hydrogens is 456 g/mol. The standard InChI is InChI=1S/C17H22N10O5S/c28-8-13(29)7-20-16-25-15(19-4-5-33(30,31)32)26-17(27-16)24-12-3-1-2-11(6-12)23-14-21-9-18-10-22-14/h1-3,6,9-10,13,28-29H,4-5,7-8H2,(H,30,31,32)(H,18,21,22,23)(H3,19,20,24,25,26,27). The van der Waals surface area contributed by atoms with Gasteiger partial charge in [0, 0.05) is 24.5 Å². The van der Waals surface area contributed by atoms with Crippen LogP contribution in [-0.2, 0) is 10.1 Å². The Bertz CT molecular complexity index is 1150. The number of aliphatic hydroxyl groups excluding tert-OH is 2. The molecular formula is C17H22N10O5S.